The molecule has 0 spiro atoms. The van der Waals surface area contributed by atoms with Crippen LogP contribution in [0.2, 0.25) is 0 Å². The second kappa shape index (κ2) is 6.16. The number of alkyl halides is 1. The smallest absolute Gasteiger partial charge is 0.160 e. The van der Waals surface area contributed by atoms with Crippen LogP contribution < -0.4 is 0 Å². The van der Waals surface area contributed by atoms with E-state index in [1.807, 2.05) is 12.1 Å². The van der Waals surface area contributed by atoms with Gasteiger partial charge in [-0.1, -0.05) is 13.3 Å². The summed E-state index contributed by atoms with van der Waals surface area (Å²) in [5.74, 6) is 1.25. The maximum Gasteiger partial charge on any atom is 0.160 e. The number of pyridine rings is 1. The minimum absolute atomic E-state index is 0.244. The van der Waals surface area contributed by atoms with E-state index in [9.17, 15) is 0 Å². The van der Waals surface area contributed by atoms with Gasteiger partial charge in [-0.15, -0.1) is 11.6 Å². The number of aromatic nitrogens is 3. The van der Waals surface area contributed by atoms with E-state index in [1.54, 1.807) is 13.3 Å². The Morgan fingerprint density at radius 2 is 2.33 bits per heavy atom. The highest BCUT2D eigenvalue weighted by molar-refractivity contribution is 6.16. The fourth-order valence-electron chi connectivity index (χ4n) is 2.27. The van der Waals surface area contributed by atoms with Crippen molar-refractivity contribution in [3.8, 4) is 0 Å². The average Bonchev–Trinajstić information content (AvgIpc) is 2.76. The number of halogens is 1. The van der Waals surface area contributed by atoms with Crippen molar-refractivity contribution in [2.24, 2.45) is 0 Å². The number of nitrogens with zero attached hydrogens (tertiary/aromatic N) is 3. The van der Waals surface area contributed by atoms with Gasteiger partial charge in [-0.05, 0) is 18.6 Å². The fourth-order valence-corrected chi connectivity index (χ4v) is 2.46. The van der Waals surface area contributed by atoms with Crippen LogP contribution in [0.3, 0.4) is 0 Å². The second-order valence-corrected chi connectivity index (χ2v) is 4.54. The molecule has 18 heavy (non-hydrogen) atoms. The number of fused-ring (bicyclic) bond motifs is 1. The molecule has 1 unspecified atom stereocenters. The lowest BCUT2D eigenvalue weighted by Gasteiger charge is -2.19. The summed E-state index contributed by atoms with van der Waals surface area (Å²) in [5, 5.41) is 0. The van der Waals surface area contributed by atoms with E-state index in [1.165, 1.54) is 0 Å². The quantitative estimate of drug-likeness (QED) is 0.755. The molecule has 0 saturated carbocycles. The van der Waals surface area contributed by atoms with Gasteiger partial charge in [0.25, 0.3) is 0 Å². The Kier molecular flexibility index (Phi) is 4.55. The van der Waals surface area contributed by atoms with Crippen LogP contribution in [0.1, 0.15) is 31.6 Å². The Morgan fingerprint density at radius 3 is 3.00 bits per heavy atom. The molecule has 0 bridgehead atoms. The van der Waals surface area contributed by atoms with E-state index in [0.29, 0.717) is 12.5 Å². The summed E-state index contributed by atoms with van der Waals surface area (Å²) in [7, 11) is 1.72. The third kappa shape index (κ3) is 2.49. The van der Waals surface area contributed by atoms with E-state index in [4.69, 9.17) is 16.3 Å². The Balaban J connectivity index is 2.51. The van der Waals surface area contributed by atoms with Gasteiger partial charge in [0.1, 0.15) is 11.3 Å². The number of imidazole rings is 1. The standard InChI is InChI=1S/C13H18ClN3O/c1-3-5-10(9-18-2)17-12(8-14)16-11-6-4-7-15-13(11)17/h4,6-7,10H,3,5,8-9H2,1-2H3. The summed E-state index contributed by atoms with van der Waals surface area (Å²) < 4.78 is 7.43. The van der Waals surface area contributed by atoms with Gasteiger partial charge in [0.15, 0.2) is 5.65 Å². The van der Waals surface area contributed by atoms with Crippen LogP contribution in [0.15, 0.2) is 18.3 Å². The lowest BCUT2D eigenvalue weighted by molar-refractivity contribution is 0.151. The van der Waals surface area contributed by atoms with Gasteiger partial charge in [0.05, 0.1) is 18.5 Å². The van der Waals surface area contributed by atoms with Crippen LogP contribution in [0.5, 0.6) is 0 Å². The molecule has 0 radical (unpaired) electrons. The van der Waals surface area contributed by atoms with Gasteiger partial charge >= 0.3 is 0 Å². The lowest BCUT2D eigenvalue weighted by Crippen LogP contribution is -2.17. The highest BCUT2D eigenvalue weighted by Gasteiger charge is 2.18. The second-order valence-electron chi connectivity index (χ2n) is 4.28. The maximum atomic E-state index is 6.00. The Labute approximate surface area is 112 Å². The third-order valence-corrected chi connectivity index (χ3v) is 3.23. The molecule has 0 fully saturated rings. The molecule has 0 aromatic carbocycles. The highest BCUT2D eigenvalue weighted by Crippen LogP contribution is 2.24. The molecule has 0 amide bonds. The van der Waals surface area contributed by atoms with Crippen molar-refractivity contribution in [3.63, 3.8) is 0 Å². The molecule has 2 aromatic rings. The molecule has 5 heteroatoms. The predicted octanol–water partition coefficient (Wildman–Crippen LogP) is 3.16. The molecule has 2 heterocycles. The minimum atomic E-state index is 0.244. The Hall–Kier alpha value is -1.13. The average molecular weight is 268 g/mol. The third-order valence-electron chi connectivity index (χ3n) is 2.99. The molecule has 0 aliphatic heterocycles. The van der Waals surface area contributed by atoms with Crippen LogP contribution in [0.4, 0.5) is 0 Å². The first-order valence-corrected chi connectivity index (χ1v) is 6.72. The number of methoxy groups -OCH3 is 1. The van der Waals surface area contributed by atoms with Gasteiger partial charge in [0.2, 0.25) is 0 Å². The minimum Gasteiger partial charge on any atom is -0.383 e. The van der Waals surface area contributed by atoms with Crippen molar-refractivity contribution in [2.45, 2.75) is 31.7 Å². The van der Waals surface area contributed by atoms with Crippen LogP contribution in [-0.4, -0.2) is 28.3 Å². The monoisotopic (exact) mass is 267 g/mol. The topological polar surface area (TPSA) is 39.9 Å². The molecule has 2 aromatic heterocycles. The summed E-state index contributed by atoms with van der Waals surface area (Å²) in [5.41, 5.74) is 1.79. The molecule has 2 rings (SSSR count). The van der Waals surface area contributed by atoms with Crippen LogP contribution in [0.25, 0.3) is 11.2 Å². The van der Waals surface area contributed by atoms with E-state index in [-0.39, 0.29) is 6.04 Å². The SMILES string of the molecule is CCCC(COC)n1c(CCl)nc2cccnc21. The van der Waals surface area contributed by atoms with E-state index in [0.717, 1.165) is 29.8 Å². The molecular formula is C13H18ClN3O. The summed E-state index contributed by atoms with van der Waals surface area (Å²) in [4.78, 5) is 8.95. The zero-order chi connectivity index (χ0) is 13.0. The van der Waals surface area contributed by atoms with E-state index >= 15 is 0 Å². The van der Waals surface area contributed by atoms with Crippen molar-refractivity contribution in [1.29, 1.82) is 0 Å². The van der Waals surface area contributed by atoms with Gasteiger partial charge in [-0.2, -0.15) is 0 Å². The highest BCUT2D eigenvalue weighted by atomic mass is 35.5. The van der Waals surface area contributed by atoms with Crippen molar-refractivity contribution >= 4 is 22.8 Å². The Bertz CT molecular complexity index is 506. The van der Waals surface area contributed by atoms with E-state index < -0.39 is 0 Å². The first-order valence-electron chi connectivity index (χ1n) is 6.18. The van der Waals surface area contributed by atoms with Crippen molar-refractivity contribution in [1.82, 2.24) is 14.5 Å². The van der Waals surface area contributed by atoms with Gasteiger partial charge < -0.3 is 9.30 Å². The number of rotatable bonds is 6. The lowest BCUT2D eigenvalue weighted by atomic mass is 10.1. The Morgan fingerprint density at radius 1 is 1.50 bits per heavy atom. The number of hydrogen-bond donors (Lipinski definition) is 0. The zero-order valence-corrected chi connectivity index (χ0v) is 11.5. The molecule has 0 saturated heterocycles. The molecule has 1 atom stereocenters. The molecule has 0 aliphatic carbocycles. The van der Waals surface area contributed by atoms with E-state index in [2.05, 4.69) is 21.5 Å². The first-order chi connectivity index (χ1) is 8.81. The van der Waals surface area contributed by atoms with Crippen LogP contribution >= 0.6 is 11.6 Å². The van der Waals surface area contributed by atoms with Crippen molar-refractivity contribution in [3.05, 3.63) is 24.2 Å². The van der Waals surface area contributed by atoms with Crippen molar-refractivity contribution in [2.75, 3.05) is 13.7 Å². The van der Waals surface area contributed by atoms with Crippen LogP contribution in [0, 0.1) is 0 Å². The first kappa shape index (κ1) is 13.3. The van der Waals surface area contributed by atoms with Gasteiger partial charge in [-0.3, -0.25) is 0 Å². The predicted molar refractivity (Wildman–Crippen MR) is 72.9 cm³/mol. The normalized spacial score (nSPS) is 13.1. The summed E-state index contributed by atoms with van der Waals surface area (Å²) in [6.45, 7) is 2.81. The molecule has 4 nitrogen and oxygen atoms in total. The number of hydrogen-bond acceptors (Lipinski definition) is 3. The molecule has 0 aliphatic rings. The largest absolute Gasteiger partial charge is 0.383 e. The van der Waals surface area contributed by atoms with Crippen LogP contribution in [-0.2, 0) is 10.6 Å². The fraction of sp³-hybridized carbons (Fsp3) is 0.538. The zero-order valence-electron chi connectivity index (χ0n) is 10.8. The summed E-state index contributed by atoms with van der Waals surface area (Å²) >= 11 is 6.00. The van der Waals surface area contributed by atoms with Gasteiger partial charge in [0, 0.05) is 13.3 Å². The van der Waals surface area contributed by atoms with Crippen molar-refractivity contribution < 1.29 is 4.74 Å². The number of ether oxygens (including phenoxy) is 1. The summed E-state index contributed by atoms with van der Waals surface area (Å²) in [6, 6.07) is 4.10. The molecular weight excluding hydrogens is 250 g/mol. The maximum absolute atomic E-state index is 6.00. The van der Waals surface area contributed by atoms with Gasteiger partial charge in [-0.25, -0.2) is 9.97 Å². The molecule has 98 valence electrons. The summed E-state index contributed by atoms with van der Waals surface area (Å²) in [6.07, 6.45) is 3.90. The molecule has 0 N–H and O–H groups in total.